The summed E-state index contributed by atoms with van der Waals surface area (Å²) in [5.74, 6) is -2.30. The maximum Gasteiger partial charge on any atom is 0.335 e. The highest BCUT2D eigenvalue weighted by Gasteiger charge is 2.37. The molecule has 3 aromatic carbocycles. The van der Waals surface area contributed by atoms with Crippen molar-refractivity contribution in [2.45, 2.75) is 20.4 Å². The Morgan fingerprint density at radius 1 is 0.875 bits per heavy atom. The molecule has 32 heavy (non-hydrogen) atoms. The minimum absolute atomic E-state index is 0.162. The van der Waals surface area contributed by atoms with E-state index in [1.54, 1.807) is 24.3 Å². The van der Waals surface area contributed by atoms with Crippen LogP contribution in [0, 0.1) is 13.8 Å². The molecule has 0 aromatic heterocycles. The first-order valence-corrected chi connectivity index (χ1v) is 9.97. The van der Waals surface area contributed by atoms with Gasteiger partial charge in [0.05, 0.1) is 22.4 Å². The summed E-state index contributed by atoms with van der Waals surface area (Å²) in [6, 6.07) is 16.1. The van der Waals surface area contributed by atoms with Gasteiger partial charge in [0.15, 0.2) is 0 Å². The fraction of sp³-hybridized carbons (Fsp3) is 0.120. The molecule has 0 bridgehead atoms. The highest BCUT2D eigenvalue weighted by atomic mass is 16.4. The Labute approximate surface area is 184 Å². The van der Waals surface area contributed by atoms with E-state index >= 15 is 0 Å². The highest BCUT2D eigenvalue weighted by molar-refractivity contribution is 6.35. The average molecular weight is 428 g/mol. The smallest absolute Gasteiger partial charge is 0.335 e. The number of aromatic carboxylic acids is 1. The molecule has 0 unspecified atom stereocenters. The summed E-state index contributed by atoms with van der Waals surface area (Å²) in [6.45, 7) is 3.96. The minimum Gasteiger partial charge on any atom is -0.478 e. The number of aryl methyl sites for hydroxylation is 1. The van der Waals surface area contributed by atoms with Crippen LogP contribution in [0.3, 0.4) is 0 Å². The maximum atomic E-state index is 13.0. The quantitative estimate of drug-likeness (QED) is 0.603. The number of nitrogens with one attached hydrogen (secondary N) is 1. The summed E-state index contributed by atoms with van der Waals surface area (Å²) in [5, 5.41) is 11.7. The van der Waals surface area contributed by atoms with Gasteiger partial charge in [-0.2, -0.15) is 0 Å². The van der Waals surface area contributed by atoms with E-state index in [-0.39, 0.29) is 28.8 Å². The standard InChI is InChI=1S/C25H20N2O5/c1-14-4-3-5-21(15(14)2)27-23(29)19-11-10-18(12-20(19)24(27)30)22(28)26-13-16-6-8-17(9-7-16)25(31)32/h3-12H,13H2,1-2H3,(H,26,28)(H,31,32). The van der Waals surface area contributed by atoms with Crippen LogP contribution in [0.4, 0.5) is 5.69 Å². The number of hydrogen-bond donors (Lipinski definition) is 2. The van der Waals surface area contributed by atoms with Crippen molar-refractivity contribution < 1.29 is 24.3 Å². The van der Waals surface area contributed by atoms with Gasteiger partial charge < -0.3 is 10.4 Å². The van der Waals surface area contributed by atoms with Crippen LogP contribution in [0.1, 0.15) is 58.1 Å². The number of imide groups is 1. The van der Waals surface area contributed by atoms with Crippen molar-refractivity contribution in [2.75, 3.05) is 4.90 Å². The van der Waals surface area contributed by atoms with Crippen LogP contribution in [0.5, 0.6) is 0 Å². The third kappa shape index (κ3) is 3.65. The number of anilines is 1. The molecule has 160 valence electrons. The van der Waals surface area contributed by atoms with Gasteiger partial charge in [-0.25, -0.2) is 9.69 Å². The van der Waals surface area contributed by atoms with E-state index in [1.807, 2.05) is 19.9 Å². The van der Waals surface area contributed by atoms with Crippen LogP contribution in [-0.2, 0) is 6.54 Å². The summed E-state index contributed by atoms with van der Waals surface area (Å²) >= 11 is 0. The molecule has 4 rings (SSSR count). The van der Waals surface area contributed by atoms with Crippen molar-refractivity contribution in [3.8, 4) is 0 Å². The second-order valence-electron chi connectivity index (χ2n) is 7.61. The van der Waals surface area contributed by atoms with Gasteiger partial charge in [-0.05, 0) is 66.9 Å². The van der Waals surface area contributed by atoms with Crippen molar-refractivity contribution in [1.29, 1.82) is 0 Å². The number of carboxylic acids is 1. The summed E-state index contributed by atoms with van der Waals surface area (Å²) in [5.41, 5.74) is 3.95. The molecule has 0 saturated carbocycles. The number of carboxylic acid groups (broad SMARTS) is 1. The number of carbonyl (C=O) groups is 4. The number of hydrogen-bond acceptors (Lipinski definition) is 4. The Hall–Kier alpha value is -4.26. The summed E-state index contributed by atoms with van der Waals surface area (Å²) in [4.78, 5) is 50.6. The van der Waals surface area contributed by atoms with Crippen LogP contribution in [0.15, 0.2) is 60.7 Å². The molecular weight excluding hydrogens is 408 g/mol. The topological polar surface area (TPSA) is 104 Å². The Bertz CT molecular complexity index is 1280. The van der Waals surface area contributed by atoms with Gasteiger partial charge in [0.1, 0.15) is 0 Å². The Kier molecular flexibility index (Phi) is 5.32. The fourth-order valence-electron chi connectivity index (χ4n) is 3.63. The molecule has 1 aliphatic heterocycles. The number of rotatable bonds is 5. The molecule has 0 atom stereocenters. The summed E-state index contributed by atoms with van der Waals surface area (Å²) in [7, 11) is 0. The minimum atomic E-state index is -1.02. The highest BCUT2D eigenvalue weighted by Crippen LogP contribution is 2.32. The van der Waals surface area contributed by atoms with Gasteiger partial charge in [0.2, 0.25) is 0 Å². The van der Waals surface area contributed by atoms with E-state index in [9.17, 15) is 19.2 Å². The third-order valence-electron chi connectivity index (χ3n) is 5.62. The lowest BCUT2D eigenvalue weighted by atomic mass is 10.1. The first-order chi connectivity index (χ1) is 15.3. The fourth-order valence-corrected chi connectivity index (χ4v) is 3.63. The average Bonchev–Trinajstić information content (AvgIpc) is 3.04. The number of carbonyl (C=O) groups excluding carboxylic acids is 3. The largest absolute Gasteiger partial charge is 0.478 e. The van der Waals surface area contributed by atoms with Gasteiger partial charge in [-0.3, -0.25) is 14.4 Å². The van der Waals surface area contributed by atoms with Crippen LogP contribution in [0.25, 0.3) is 0 Å². The molecular formula is C25H20N2O5. The Balaban J connectivity index is 1.53. The zero-order chi connectivity index (χ0) is 23.0. The first kappa shape index (κ1) is 21.0. The van der Waals surface area contributed by atoms with Crippen LogP contribution < -0.4 is 10.2 Å². The molecule has 3 aromatic rings. The molecule has 1 heterocycles. The van der Waals surface area contributed by atoms with Gasteiger partial charge in [0, 0.05) is 12.1 Å². The van der Waals surface area contributed by atoms with Crippen LogP contribution >= 0.6 is 0 Å². The van der Waals surface area contributed by atoms with E-state index in [2.05, 4.69) is 5.32 Å². The lowest BCUT2D eigenvalue weighted by molar-refractivity contribution is 0.0695. The summed E-state index contributed by atoms with van der Waals surface area (Å²) in [6.07, 6.45) is 0. The Morgan fingerprint density at radius 3 is 2.22 bits per heavy atom. The van der Waals surface area contributed by atoms with E-state index in [4.69, 9.17) is 5.11 Å². The lowest BCUT2D eigenvalue weighted by Crippen LogP contribution is -2.30. The first-order valence-electron chi connectivity index (χ1n) is 9.97. The molecule has 0 saturated heterocycles. The van der Waals surface area contributed by atoms with E-state index in [1.165, 1.54) is 30.3 Å². The SMILES string of the molecule is Cc1cccc(N2C(=O)c3ccc(C(=O)NCc4ccc(C(=O)O)cc4)cc3C2=O)c1C. The van der Waals surface area contributed by atoms with Gasteiger partial charge in [-0.15, -0.1) is 0 Å². The molecule has 0 aliphatic carbocycles. The zero-order valence-electron chi connectivity index (χ0n) is 17.5. The second-order valence-corrected chi connectivity index (χ2v) is 7.61. The molecule has 0 radical (unpaired) electrons. The van der Waals surface area contributed by atoms with E-state index < -0.39 is 23.7 Å². The summed E-state index contributed by atoms with van der Waals surface area (Å²) < 4.78 is 0. The van der Waals surface area contributed by atoms with Gasteiger partial charge in [-0.1, -0.05) is 24.3 Å². The zero-order valence-corrected chi connectivity index (χ0v) is 17.5. The molecule has 0 fully saturated rings. The monoisotopic (exact) mass is 428 g/mol. The van der Waals surface area contributed by atoms with Crippen molar-refractivity contribution in [3.05, 3.63) is 99.6 Å². The predicted molar refractivity (Wildman–Crippen MR) is 118 cm³/mol. The lowest BCUT2D eigenvalue weighted by Gasteiger charge is -2.17. The van der Waals surface area contributed by atoms with Crippen LogP contribution in [0.2, 0.25) is 0 Å². The number of nitrogens with zero attached hydrogens (tertiary/aromatic N) is 1. The number of benzene rings is 3. The second kappa shape index (κ2) is 8.11. The van der Waals surface area contributed by atoms with Crippen molar-refractivity contribution >= 4 is 29.4 Å². The van der Waals surface area contributed by atoms with Gasteiger partial charge in [0.25, 0.3) is 17.7 Å². The van der Waals surface area contributed by atoms with E-state index in [0.717, 1.165) is 21.6 Å². The number of fused-ring (bicyclic) bond motifs is 1. The molecule has 7 heteroatoms. The third-order valence-corrected chi connectivity index (χ3v) is 5.62. The Morgan fingerprint density at radius 2 is 1.53 bits per heavy atom. The normalized spacial score (nSPS) is 12.6. The maximum absolute atomic E-state index is 13.0. The van der Waals surface area contributed by atoms with Crippen LogP contribution in [-0.4, -0.2) is 28.8 Å². The molecule has 7 nitrogen and oxygen atoms in total. The predicted octanol–water partition coefficient (Wildman–Crippen LogP) is 3.73. The number of amides is 3. The van der Waals surface area contributed by atoms with Crippen molar-refractivity contribution in [2.24, 2.45) is 0 Å². The molecule has 1 aliphatic rings. The van der Waals surface area contributed by atoms with Gasteiger partial charge >= 0.3 is 5.97 Å². The van der Waals surface area contributed by atoms with E-state index in [0.29, 0.717) is 5.69 Å². The molecule has 3 amide bonds. The molecule has 2 N–H and O–H groups in total. The van der Waals surface area contributed by atoms with Crippen molar-refractivity contribution in [1.82, 2.24) is 5.32 Å². The van der Waals surface area contributed by atoms with Crippen molar-refractivity contribution in [3.63, 3.8) is 0 Å². The molecule has 0 spiro atoms.